The van der Waals surface area contributed by atoms with E-state index in [0.717, 1.165) is 0 Å². The molecule has 0 aromatic carbocycles. The summed E-state index contributed by atoms with van der Waals surface area (Å²) >= 11 is 0. The normalized spacial score (nSPS) is 27.1. The molecule has 15 heavy (non-hydrogen) atoms. The van der Waals surface area contributed by atoms with Crippen LogP contribution >= 0.6 is 0 Å². The maximum atomic E-state index is 11.9. The quantitative estimate of drug-likeness (QED) is 0.658. The Hall–Kier alpha value is -1.12. The van der Waals surface area contributed by atoms with Crippen molar-refractivity contribution in [3.05, 3.63) is 0 Å². The van der Waals surface area contributed by atoms with Gasteiger partial charge in [0.15, 0.2) is 0 Å². The first kappa shape index (κ1) is 12.0. The number of hydrogen-bond acceptors (Lipinski definition) is 4. The predicted octanol–water partition coefficient (Wildman–Crippen LogP) is -0.530. The molecular formula is C10H17N3O2. The number of β-amino-alcohol motifs (C(OH)–C–C–N with tert-alkyl or cyclic N) is 1. The average molecular weight is 211 g/mol. The van der Waals surface area contributed by atoms with Crippen LogP contribution in [0.4, 0.5) is 0 Å². The molecule has 3 atom stereocenters. The van der Waals surface area contributed by atoms with E-state index in [1.54, 1.807) is 11.9 Å². The standard InChI is InChI=1S/C10H17N3O2/c1-7(3-4-11)13(2)10(15)9-5-8(14)6-12-9/h7-9,12,14H,3,5-6H2,1-2H3. The maximum Gasteiger partial charge on any atom is 0.239 e. The van der Waals surface area contributed by atoms with Gasteiger partial charge in [0.2, 0.25) is 5.91 Å². The predicted molar refractivity (Wildman–Crippen MR) is 54.9 cm³/mol. The van der Waals surface area contributed by atoms with Crippen LogP contribution < -0.4 is 5.32 Å². The van der Waals surface area contributed by atoms with Crippen molar-refractivity contribution >= 4 is 5.91 Å². The Kier molecular flexibility index (Phi) is 4.06. The summed E-state index contributed by atoms with van der Waals surface area (Å²) in [6.45, 7) is 2.31. The smallest absolute Gasteiger partial charge is 0.239 e. The van der Waals surface area contributed by atoms with Gasteiger partial charge >= 0.3 is 0 Å². The Morgan fingerprint density at radius 1 is 1.80 bits per heavy atom. The van der Waals surface area contributed by atoms with Gasteiger partial charge in [-0.25, -0.2) is 0 Å². The fourth-order valence-electron chi connectivity index (χ4n) is 1.64. The molecule has 5 nitrogen and oxygen atoms in total. The zero-order chi connectivity index (χ0) is 11.4. The number of nitrogens with one attached hydrogen (secondary N) is 1. The van der Waals surface area contributed by atoms with E-state index in [2.05, 4.69) is 5.32 Å². The van der Waals surface area contributed by atoms with Crippen molar-refractivity contribution in [1.82, 2.24) is 10.2 Å². The highest BCUT2D eigenvalue weighted by atomic mass is 16.3. The summed E-state index contributed by atoms with van der Waals surface area (Å²) in [5.74, 6) is -0.0469. The van der Waals surface area contributed by atoms with Crippen molar-refractivity contribution in [2.45, 2.75) is 38.0 Å². The lowest BCUT2D eigenvalue weighted by atomic mass is 10.1. The van der Waals surface area contributed by atoms with Crippen LogP contribution in [0.1, 0.15) is 19.8 Å². The third kappa shape index (κ3) is 2.91. The van der Waals surface area contributed by atoms with Crippen LogP contribution in [0.5, 0.6) is 0 Å². The summed E-state index contributed by atoms with van der Waals surface area (Å²) in [7, 11) is 1.69. The summed E-state index contributed by atoms with van der Waals surface area (Å²) in [5.41, 5.74) is 0. The highest BCUT2D eigenvalue weighted by molar-refractivity contribution is 5.82. The fraction of sp³-hybridized carbons (Fsp3) is 0.800. The molecular weight excluding hydrogens is 194 g/mol. The van der Waals surface area contributed by atoms with Crippen LogP contribution in [0, 0.1) is 11.3 Å². The molecule has 0 aliphatic carbocycles. The molecule has 1 aliphatic rings. The lowest BCUT2D eigenvalue weighted by Gasteiger charge is -2.25. The van der Waals surface area contributed by atoms with Gasteiger partial charge in [0.1, 0.15) is 0 Å². The third-order valence-electron chi connectivity index (χ3n) is 2.80. The second-order valence-electron chi connectivity index (χ2n) is 4.01. The molecule has 1 saturated heterocycles. The van der Waals surface area contributed by atoms with E-state index >= 15 is 0 Å². The van der Waals surface area contributed by atoms with E-state index in [9.17, 15) is 9.90 Å². The number of carbonyl (C=O) groups is 1. The van der Waals surface area contributed by atoms with Gasteiger partial charge in [-0.15, -0.1) is 0 Å². The van der Waals surface area contributed by atoms with Gasteiger partial charge < -0.3 is 15.3 Å². The SMILES string of the molecule is CC(CC#N)N(C)C(=O)C1CC(O)CN1. The summed E-state index contributed by atoms with van der Waals surface area (Å²) in [5, 5.41) is 20.8. The maximum absolute atomic E-state index is 11.9. The first-order valence-electron chi connectivity index (χ1n) is 5.11. The molecule has 0 radical (unpaired) electrons. The topological polar surface area (TPSA) is 76.4 Å². The van der Waals surface area contributed by atoms with Crippen molar-refractivity contribution in [2.24, 2.45) is 0 Å². The van der Waals surface area contributed by atoms with Gasteiger partial charge in [-0.3, -0.25) is 4.79 Å². The number of carbonyl (C=O) groups excluding carboxylic acids is 1. The van der Waals surface area contributed by atoms with E-state index in [1.807, 2.05) is 13.0 Å². The number of aliphatic hydroxyl groups is 1. The van der Waals surface area contributed by atoms with E-state index in [-0.39, 0.29) is 18.0 Å². The van der Waals surface area contributed by atoms with Crippen LogP contribution in [-0.4, -0.2) is 47.7 Å². The Morgan fingerprint density at radius 3 is 2.93 bits per heavy atom. The van der Waals surface area contributed by atoms with Gasteiger partial charge in [0, 0.05) is 19.6 Å². The number of amides is 1. The molecule has 3 unspecified atom stereocenters. The molecule has 2 N–H and O–H groups in total. The zero-order valence-electron chi connectivity index (χ0n) is 9.10. The van der Waals surface area contributed by atoms with Crippen molar-refractivity contribution < 1.29 is 9.90 Å². The first-order valence-corrected chi connectivity index (χ1v) is 5.11. The van der Waals surface area contributed by atoms with E-state index in [0.29, 0.717) is 19.4 Å². The van der Waals surface area contributed by atoms with E-state index in [4.69, 9.17) is 5.26 Å². The number of hydrogen-bond donors (Lipinski definition) is 2. The van der Waals surface area contributed by atoms with Gasteiger partial charge in [0.25, 0.3) is 0 Å². The molecule has 0 aromatic heterocycles. The summed E-state index contributed by atoms with van der Waals surface area (Å²) in [6, 6.07) is 1.66. The summed E-state index contributed by atoms with van der Waals surface area (Å²) in [4.78, 5) is 13.4. The highest BCUT2D eigenvalue weighted by Crippen LogP contribution is 2.11. The van der Waals surface area contributed by atoms with Crippen LogP contribution in [-0.2, 0) is 4.79 Å². The zero-order valence-corrected chi connectivity index (χ0v) is 9.10. The minimum absolute atomic E-state index is 0.0469. The monoisotopic (exact) mass is 211 g/mol. The fourth-order valence-corrected chi connectivity index (χ4v) is 1.64. The van der Waals surface area contributed by atoms with Crippen LogP contribution in [0.25, 0.3) is 0 Å². The molecule has 1 heterocycles. The molecule has 1 rings (SSSR count). The van der Waals surface area contributed by atoms with Crippen molar-refractivity contribution in [3.63, 3.8) is 0 Å². The number of rotatable bonds is 3. The summed E-state index contributed by atoms with van der Waals surface area (Å²) in [6.07, 6.45) is 0.360. The second-order valence-corrected chi connectivity index (χ2v) is 4.01. The Morgan fingerprint density at radius 2 is 2.47 bits per heavy atom. The number of likely N-dealkylation sites (N-methyl/N-ethyl adjacent to an activating group) is 1. The Labute approximate surface area is 89.7 Å². The minimum Gasteiger partial charge on any atom is -0.392 e. The number of aliphatic hydroxyl groups excluding tert-OH is 1. The van der Waals surface area contributed by atoms with Crippen LogP contribution in [0.2, 0.25) is 0 Å². The molecule has 1 fully saturated rings. The third-order valence-corrected chi connectivity index (χ3v) is 2.80. The molecule has 0 spiro atoms. The second kappa shape index (κ2) is 5.10. The van der Waals surface area contributed by atoms with Gasteiger partial charge in [-0.05, 0) is 13.3 Å². The van der Waals surface area contributed by atoms with Crippen molar-refractivity contribution in [3.8, 4) is 6.07 Å². The van der Waals surface area contributed by atoms with E-state index < -0.39 is 6.10 Å². The number of nitrogens with zero attached hydrogens (tertiary/aromatic N) is 2. The average Bonchev–Trinajstić information content (AvgIpc) is 2.63. The first-order chi connectivity index (χ1) is 7.06. The Bertz CT molecular complexity index is 274. The van der Waals surface area contributed by atoms with Crippen LogP contribution in [0.15, 0.2) is 0 Å². The molecule has 5 heteroatoms. The molecule has 0 saturated carbocycles. The van der Waals surface area contributed by atoms with Gasteiger partial charge in [0.05, 0.1) is 24.6 Å². The number of nitriles is 1. The largest absolute Gasteiger partial charge is 0.392 e. The van der Waals surface area contributed by atoms with Gasteiger partial charge in [-0.2, -0.15) is 5.26 Å². The highest BCUT2D eigenvalue weighted by Gasteiger charge is 2.31. The molecule has 0 aromatic rings. The lowest BCUT2D eigenvalue weighted by molar-refractivity contribution is -0.133. The molecule has 1 aliphatic heterocycles. The van der Waals surface area contributed by atoms with Gasteiger partial charge in [-0.1, -0.05) is 0 Å². The van der Waals surface area contributed by atoms with Crippen molar-refractivity contribution in [1.29, 1.82) is 5.26 Å². The van der Waals surface area contributed by atoms with E-state index in [1.165, 1.54) is 0 Å². The molecule has 0 bridgehead atoms. The lowest BCUT2D eigenvalue weighted by Crippen LogP contribution is -2.45. The Balaban J connectivity index is 2.49. The van der Waals surface area contributed by atoms with Crippen molar-refractivity contribution in [2.75, 3.05) is 13.6 Å². The summed E-state index contributed by atoms with van der Waals surface area (Å²) < 4.78 is 0. The molecule has 84 valence electrons. The van der Waals surface area contributed by atoms with Crippen LogP contribution in [0.3, 0.4) is 0 Å². The minimum atomic E-state index is -0.432. The molecule has 1 amide bonds.